The van der Waals surface area contributed by atoms with Crippen LogP contribution in [0.2, 0.25) is 0 Å². The maximum absolute atomic E-state index is 12.6. The van der Waals surface area contributed by atoms with Crippen molar-refractivity contribution in [1.29, 1.82) is 0 Å². The second kappa shape index (κ2) is 6.32. The molecule has 120 valence electrons. The first-order valence-electron chi connectivity index (χ1n) is 7.52. The minimum absolute atomic E-state index is 0.323. The lowest BCUT2D eigenvalue weighted by Gasteiger charge is -2.34. The fraction of sp³-hybridized carbons (Fsp3) is 0.529. The minimum Gasteiger partial charge on any atom is -0.456 e. The van der Waals surface area contributed by atoms with Crippen LogP contribution in [0.5, 0.6) is 0 Å². The number of hydrogen-bond acceptors (Lipinski definition) is 5. The second-order valence-electron chi connectivity index (χ2n) is 5.67. The Balaban J connectivity index is 2.41. The smallest absolute Gasteiger partial charge is 0.327 e. The normalized spacial score (nSPS) is 26.5. The summed E-state index contributed by atoms with van der Waals surface area (Å²) in [5.41, 5.74) is -0.751. The third-order valence-electron chi connectivity index (χ3n) is 4.23. The highest BCUT2D eigenvalue weighted by Gasteiger charge is 2.64. The Labute approximate surface area is 135 Å². The molecule has 0 radical (unpaired) electrons. The number of rotatable bonds is 5. The molecule has 1 heterocycles. The van der Waals surface area contributed by atoms with Crippen LogP contribution in [0.15, 0.2) is 35.2 Å². The van der Waals surface area contributed by atoms with E-state index in [1.54, 1.807) is 6.92 Å². The van der Waals surface area contributed by atoms with E-state index in [9.17, 15) is 9.59 Å². The van der Waals surface area contributed by atoms with Crippen LogP contribution in [0.3, 0.4) is 0 Å². The van der Waals surface area contributed by atoms with Gasteiger partial charge in [0.2, 0.25) is 0 Å². The van der Waals surface area contributed by atoms with E-state index in [0.29, 0.717) is 12.8 Å². The van der Waals surface area contributed by atoms with Crippen molar-refractivity contribution in [3.05, 3.63) is 30.3 Å². The van der Waals surface area contributed by atoms with Gasteiger partial charge in [-0.25, -0.2) is 0 Å². The molecule has 1 aromatic rings. The highest BCUT2D eigenvalue weighted by molar-refractivity contribution is 8.01. The van der Waals surface area contributed by atoms with E-state index in [-0.39, 0.29) is 5.97 Å². The molecule has 1 saturated heterocycles. The van der Waals surface area contributed by atoms with Gasteiger partial charge in [-0.2, -0.15) is 0 Å². The van der Waals surface area contributed by atoms with Crippen molar-refractivity contribution in [2.45, 2.75) is 61.9 Å². The highest BCUT2D eigenvalue weighted by atomic mass is 32.2. The Kier molecular flexibility index (Phi) is 4.85. The fourth-order valence-corrected chi connectivity index (χ4v) is 4.21. The summed E-state index contributed by atoms with van der Waals surface area (Å²) in [6.45, 7) is 7.07. The molecule has 0 saturated carbocycles. The molecule has 2 rings (SSSR count). The predicted molar refractivity (Wildman–Crippen MR) is 85.7 cm³/mol. The van der Waals surface area contributed by atoms with Crippen molar-refractivity contribution in [3.8, 4) is 0 Å². The Hall–Kier alpha value is -1.49. The number of esters is 2. The standard InChI is InChI=1S/C17H22O4S/c1-5-17(6-2)14(20-12(3)18)16(4,15(19)21-17)22-13-10-8-7-9-11-13/h7-11,14H,5-6H2,1-4H3/t14-,16+/m0/s1. The van der Waals surface area contributed by atoms with Gasteiger partial charge in [0.1, 0.15) is 0 Å². The molecule has 4 nitrogen and oxygen atoms in total. The van der Waals surface area contributed by atoms with E-state index in [0.717, 1.165) is 4.90 Å². The van der Waals surface area contributed by atoms with E-state index in [4.69, 9.17) is 9.47 Å². The van der Waals surface area contributed by atoms with Crippen LogP contribution in [0, 0.1) is 0 Å². The number of hydrogen-bond donors (Lipinski definition) is 0. The molecule has 1 aliphatic rings. The predicted octanol–water partition coefficient (Wildman–Crippen LogP) is 3.58. The summed E-state index contributed by atoms with van der Waals surface area (Å²) in [5, 5.41) is 0. The first-order chi connectivity index (χ1) is 10.4. The number of cyclic esters (lactones) is 1. The molecule has 1 aliphatic heterocycles. The Bertz CT molecular complexity index is 553. The fourth-order valence-electron chi connectivity index (χ4n) is 2.93. The zero-order valence-electron chi connectivity index (χ0n) is 13.4. The summed E-state index contributed by atoms with van der Waals surface area (Å²) in [7, 11) is 0. The van der Waals surface area contributed by atoms with Gasteiger partial charge in [0.25, 0.3) is 0 Å². The molecule has 0 N–H and O–H groups in total. The van der Waals surface area contributed by atoms with Crippen molar-refractivity contribution in [1.82, 2.24) is 0 Å². The van der Waals surface area contributed by atoms with Crippen LogP contribution < -0.4 is 0 Å². The van der Waals surface area contributed by atoms with Gasteiger partial charge >= 0.3 is 11.9 Å². The molecular weight excluding hydrogens is 300 g/mol. The van der Waals surface area contributed by atoms with Gasteiger partial charge in [-0.05, 0) is 31.9 Å². The van der Waals surface area contributed by atoms with Crippen molar-refractivity contribution in [2.75, 3.05) is 0 Å². The number of ether oxygens (including phenoxy) is 2. The zero-order chi connectivity index (χ0) is 16.4. The molecule has 5 heteroatoms. The number of thioether (sulfide) groups is 1. The van der Waals surface area contributed by atoms with Gasteiger partial charge < -0.3 is 9.47 Å². The van der Waals surface area contributed by atoms with Gasteiger partial charge in [-0.1, -0.05) is 32.0 Å². The van der Waals surface area contributed by atoms with Gasteiger partial charge in [0.05, 0.1) is 0 Å². The van der Waals surface area contributed by atoms with Gasteiger partial charge in [0, 0.05) is 11.8 Å². The Morgan fingerprint density at radius 3 is 2.36 bits per heavy atom. The summed E-state index contributed by atoms with van der Waals surface area (Å²) in [4.78, 5) is 25.1. The summed E-state index contributed by atoms with van der Waals surface area (Å²) >= 11 is 1.39. The van der Waals surface area contributed by atoms with Crippen LogP contribution in [-0.4, -0.2) is 28.4 Å². The lowest BCUT2D eigenvalue weighted by molar-refractivity contribution is -0.163. The van der Waals surface area contributed by atoms with Crippen LogP contribution in [0.4, 0.5) is 0 Å². The van der Waals surface area contributed by atoms with E-state index in [2.05, 4.69) is 0 Å². The monoisotopic (exact) mass is 322 g/mol. The molecule has 22 heavy (non-hydrogen) atoms. The van der Waals surface area contributed by atoms with E-state index in [1.165, 1.54) is 18.7 Å². The molecule has 0 aliphatic carbocycles. The molecule has 2 atom stereocenters. The van der Waals surface area contributed by atoms with Crippen LogP contribution >= 0.6 is 11.8 Å². The summed E-state index contributed by atoms with van der Waals surface area (Å²) in [6, 6.07) is 9.63. The maximum atomic E-state index is 12.6. The third-order valence-corrected chi connectivity index (χ3v) is 5.55. The largest absolute Gasteiger partial charge is 0.456 e. The van der Waals surface area contributed by atoms with E-state index >= 15 is 0 Å². The summed E-state index contributed by atoms with van der Waals surface area (Å²) in [5.74, 6) is -0.717. The van der Waals surface area contributed by atoms with E-state index < -0.39 is 22.4 Å². The average molecular weight is 322 g/mol. The van der Waals surface area contributed by atoms with Crippen molar-refractivity contribution < 1.29 is 19.1 Å². The van der Waals surface area contributed by atoms with Crippen molar-refractivity contribution >= 4 is 23.7 Å². The minimum atomic E-state index is -0.945. The summed E-state index contributed by atoms with van der Waals surface area (Å²) < 4.78 is 10.3. The third kappa shape index (κ3) is 2.86. The summed E-state index contributed by atoms with van der Waals surface area (Å²) in [6.07, 6.45) is 0.612. The molecule has 0 spiro atoms. The quantitative estimate of drug-likeness (QED) is 0.776. The van der Waals surface area contributed by atoms with Crippen LogP contribution in [0.1, 0.15) is 40.5 Å². The average Bonchev–Trinajstić information content (AvgIpc) is 2.70. The van der Waals surface area contributed by atoms with E-state index in [1.807, 2.05) is 44.2 Å². The first-order valence-corrected chi connectivity index (χ1v) is 8.34. The molecule has 0 bridgehead atoms. The number of carbonyl (C=O) groups is 2. The zero-order valence-corrected chi connectivity index (χ0v) is 14.2. The lowest BCUT2D eigenvalue weighted by atomic mass is 9.86. The van der Waals surface area contributed by atoms with Crippen molar-refractivity contribution in [3.63, 3.8) is 0 Å². The number of benzene rings is 1. The first kappa shape index (κ1) is 16.9. The van der Waals surface area contributed by atoms with Crippen molar-refractivity contribution in [2.24, 2.45) is 0 Å². The highest BCUT2D eigenvalue weighted by Crippen LogP contribution is 2.50. The Morgan fingerprint density at radius 2 is 1.86 bits per heavy atom. The Morgan fingerprint density at radius 1 is 1.27 bits per heavy atom. The molecule has 1 aromatic carbocycles. The SMILES string of the molecule is CCC1(CC)OC(=O)[C@](C)(Sc2ccccc2)[C@@H]1OC(C)=O. The van der Waals surface area contributed by atoms with Gasteiger partial charge in [-0.15, -0.1) is 11.8 Å². The molecular formula is C17H22O4S. The molecule has 0 aromatic heterocycles. The van der Waals surface area contributed by atoms with Gasteiger partial charge in [0.15, 0.2) is 16.5 Å². The second-order valence-corrected chi connectivity index (χ2v) is 7.20. The van der Waals surface area contributed by atoms with Crippen LogP contribution in [-0.2, 0) is 19.1 Å². The molecule has 0 amide bonds. The number of carbonyl (C=O) groups excluding carboxylic acids is 2. The topological polar surface area (TPSA) is 52.6 Å². The molecule has 0 unspecified atom stereocenters. The molecule has 1 fully saturated rings. The van der Waals surface area contributed by atoms with Crippen LogP contribution in [0.25, 0.3) is 0 Å². The lowest BCUT2D eigenvalue weighted by Crippen LogP contribution is -2.49. The maximum Gasteiger partial charge on any atom is 0.327 e. The van der Waals surface area contributed by atoms with Gasteiger partial charge in [-0.3, -0.25) is 9.59 Å².